The molecule has 5 nitrogen and oxygen atoms in total. The number of hydrogen-bond acceptors (Lipinski definition) is 4. The second-order valence-corrected chi connectivity index (χ2v) is 3.55. The van der Waals surface area contributed by atoms with Crippen molar-refractivity contribution in [3.05, 3.63) is 48.0 Å². The molecule has 5 heteroatoms. The van der Waals surface area contributed by atoms with Crippen LogP contribution in [0.2, 0.25) is 0 Å². The predicted octanol–water partition coefficient (Wildman–Crippen LogP) is 1.92. The molecule has 1 aromatic carbocycles. The molecule has 18 heavy (non-hydrogen) atoms. The molecule has 0 aliphatic carbocycles. The van der Waals surface area contributed by atoms with Crippen molar-refractivity contribution in [1.82, 2.24) is 9.55 Å². The Hall–Kier alpha value is -2.61. The van der Waals surface area contributed by atoms with Crippen LogP contribution in [0.5, 0.6) is 0 Å². The van der Waals surface area contributed by atoms with Gasteiger partial charge in [-0.3, -0.25) is 0 Å². The third-order valence-electron chi connectivity index (χ3n) is 2.36. The fourth-order valence-corrected chi connectivity index (χ4v) is 1.48. The smallest absolute Gasteiger partial charge is 0.358 e. The van der Waals surface area contributed by atoms with E-state index >= 15 is 0 Å². The molecule has 0 unspecified atom stereocenters. The summed E-state index contributed by atoms with van der Waals surface area (Å²) >= 11 is 0. The molecule has 0 bridgehead atoms. The average Bonchev–Trinajstić information content (AvgIpc) is 2.89. The normalized spacial score (nSPS) is 9.78. The molecule has 0 radical (unpaired) electrons. The molecule has 0 saturated heterocycles. The summed E-state index contributed by atoms with van der Waals surface area (Å²) in [6.07, 6.45) is 3.13. The lowest BCUT2D eigenvalue weighted by Crippen LogP contribution is -2.04. The van der Waals surface area contributed by atoms with Crippen molar-refractivity contribution in [2.45, 2.75) is 6.92 Å². The van der Waals surface area contributed by atoms with Gasteiger partial charge in [-0.05, 0) is 31.2 Å². The van der Waals surface area contributed by atoms with Crippen LogP contribution in [0.4, 0.5) is 0 Å². The van der Waals surface area contributed by atoms with E-state index in [4.69, 9.17) is 10.00 Å². The van der Waals surface area contributed by atoms with Gasteiger partial charge in [-0.1, -0.05) is 0 Å². The van der Waals surface area contributed by atoms with Crippen LogP contribution in [0.25, 0.3) is 5.69 Å². The molecule has 1 heterocycles. The number of nitriles is 1. The fourth-order valence-electron chi connectivity index (χ4n) is 1.48. The first-order valence-electron chi connectivity index (χ1n) is 5.46. The van der Waals surface area contributed by atoms with Crippen LogP contribution in [-0.2, 0) is 4.74 Å². The van der Waals surface area contributed by atoms with Gasteiger partial charge in [-0.2, -0.15) is 5.26 Å². The Morgan fingerprint density at radius 3 is 2.78 bits per heavy atom. The topological polar surface area (TPSA) is 67.9 Å². The third kappa shape index (κ3) is 2.38. The van der Waals surface area contributed by atoms with E-state index in [1.54, 1.807) is 42.0 Å². The number of carbonyl (C=O) groups is 1. The molecular weight excluding hydrogens is 230 g/mol. The maximum Gasteiger partial charge on any atom is 0.358 e. The summed E-state index contributed by atoms with van der Waals surface area (Å²) in [4.78, 5) is 15.4. The molecule has 2 rings (SSSR count). The van der Waals surface area contributed by atoms with E-state index < -0.39 is 5.97 Å². The molecule has 0 N–H and O–H groups in total. The summed E-state index contributed by atoms with van der Waals surface area (Å²) in [5, 5.41) is 8.70. The number of hydrogen-bond donors (Lipinski definition) is 0. The van der Waals surface area contributed by atoms with Gasteiger partial charge in [-0.25, -0.2) is 9.78 Å². The molecular formula is C13H11N3O2. The zero-order valence-electron chi connectivity index (χ0n) is 9.83. The first kappa shape index (κ1) is 11.9. The van der Waals surface area contributed by atoms with Gasteiger partial charge in [-0.15, -0.1) is 0 Å². The standard InChI is InChI=1S/C13H11N3O2/c1-2-18-13(17)12-8-16(9-15-12)11-5-3-10(7-14)4-6-11/h3-6,8-9H,2H2,1H3. The molecule has 0 aliphatic heterocycles. The largest absolute Gasteiger partial charge is 0.461 e. The Kier molecular flexibility index (Phi) is 3.39. The highest BCUT2D eigenvalue weighted by atomic mass is 16.5. The van der Waals surface area contributed by atoms with E-state index in [0.717, 1.165) is 5.69 Å². The predicted molar refractivity (Wildman–Crippen MR) is 64.2 cm³/mol. The lowest BCUT2D eigenvalue weighted by molar-refractivity contribution is 0.0520. The molecule has 0 amide bonds. The average molecular weight is 241 g/mol. The van der Waals surface area contributed by atoms with Gasteiger partial charge in [0.2, 0.25) is 0 Å². The minimum atomic E-state index is -0.440. The molecule has 0 aliphatic rings. The fraction of sp³-hybridized carbons (Fsp3) is 0.154. The minimum absolute atomic E-state index is 0.265. The molecule has 90 valence electrons. The summed E-state index contributed by atoms with van der Waals surface area (Å²) in [5.41, 5.74) is 1.68. The van der Waals surface area contributed by atoms with Crippen molar-refractivity contribution in [2.24, 2.45) is 0 Å². The number of nitrogens with zero attached hydrogens (tertiary/aromatic N) is 3. The highest BCUT2D eigenvalue weighted by molar-refractivity contribution is 5.87. The van der Waals surface area contributed by atoms with Gasteiger partial charge in [0.1, 0.15) is 6.33 Å². The Morgan fingerprint density at radius 2 is 2.17 bits per heavy atom. The third-order valence-corrected chi connectivity index (χ3v) is 2.36. The van der Waals surface area contributed by atoms with Crippen LogP contribution in [0.15, 0.2) is 36.8 Å². The van der Waals surface area contributed by atoms with Crippen LogP contribution in [0, 0.1) is 11.3 Å². The Balaban J connectivity index is 2.24. The zero-order chi connectivity index (χ0) is 13.0. The van der Waals surface area contributed by atoms with Crippen molar-refractivity contribution in [3.63, 3.8) is 0 Å². The first-order chi connectivity index (χ1) is 8.74. The monoisotopic (exact) mass is 241 g/mol. The number of imidazole rings is 1. The molecule has 0 spiro atoms. The van der Waals surface area contributed by atoms with Gasteiger partial charge < -0.3 is 9.30 Å². The van der Waals surface area contributed by atoms with Crippen molar-refractivity contribution in [1.29, 1.82) is 5.26 Å². The number of rotatable bonds is 3. The molecule has 0 fully saturated rings. The first-order valence-corrected chi connectivity index (χ1v) is 5.46. The molecule has 2 aromatic rings. The van der Waals surface area contributed by atoms with Gasteiger partial charge >= 0.3 is 5.97 Å². The molecule has 0 atom stereocenters. The van der Waals surface area contributed by atoms with E-state index in [1.165, 1.54) is 6.33 Å². The Bertz CT molecular complexity index is 593. The van der Waals surface area contributed by atoms with Crippen molar-refractivity contribution in [2.75, 3.05) is 6.61 Å². The van der Waals surface area contributed by atoms with Crippen molar-refractivity contribution < 1.29 is 9.53 Å². The Labute approximate surface area is 104 Å². The number of carbonyl (C=O) groups excluding carboxylic acids is 1. The lowest BCUT2D eigenvalue weighted by Gasteiger charge is -2.00. The van der Waals surface area contributed by atoms with E-state index in [0.29, 0.717) is 12.2 Å². The summed E-state index contributed by atoms with van der Waals surface area (Å²) in [6.45, 7) is 2.07. The summed E-state index contributed by atoms with van der Waals surface area (Å²) in [5.74, 6) is -0.440. The highest BCUT2D eigenvalue weighted by Gasteiger charge is 2.10. The number of benzene rings is 1. The van der Waals surface area contributed by atoms with Crippen LogP contribution < -0.4 is 0 Å². The van der Waals surface area contributed by atoms with E-state index in [-0.39, 0.29) is 5.69 Å². The van der Waals surface area contributed by atoms with Crippen LogP contribution >= 0.6 is 0 Å². The van der Waals surface area contributed by atoms with Gasteiger partial charge in [0.25, 0.3) is 0 Å². The summed E-state index contributed by atoms with van der Waals surface area (Å²) in [7, 11) is 0. The Morgan fingerprint density at radius 1 is 1.44 bits per heavy atom. The second kappa shape index (κ2) is 5.15. The number of esters is 1. The highest BCUT2D eigenvalue weighted by Crippen LogP contribution is 2.10. The summed E-state index contributed by atoms with van der Waals surface area (Å²) < 4.78 is 6.56. The van der Waals surface area contributed by atoms with Gasteiger partial charge in [0.15, 0.2) is 5.69 Å². The van der Waals surface area contributed by atoms with Crippen molar-refractivity contribution in [3.8, 4) is 11.8 Å². The summed E-state index contributed by atoms with van der Waals surface area (Å²) in [6, 6.07) is 9.04. The number of ether oxygens (including phenoxy) is 1. The quantitative estimate of drug-likeness (QED) is 0.770. The minimum Gasteiger partial charge on any atom is -0.461 e. The van der Waals surface area contributed by atoms with Gasteiger partial charge in [0.05, 0.1) is 18.2 Å². The van der Waals surface area contributed by atoms with Crippen LogP contribution in [0.1, 0.15) is 23.0 Å². The zero-order valence-corrected chi connectivity index (χ0v) is 9.83. The SMILES string of the molecule is CCOC(=O)c1cn(-c2ccc(C#N)cc2)cn1. The second-order valence-electron chi connectivity index (χ2n) is 3.55. The van der Waals surface area contributed by atoms with Crippen LogP contribution in [0.3, 0.4) is 0 Å². The molecule has 1 aromatic heterocycles. The van der Waals surface area contributed by atoms with Gasteiger partial charge in [0, 0.05) is 11.9 Å². The van der Waals surface area contributed by atoms with E-state index in [9.17, 15) is 4.79 Å². The van der Waals surface area contributed by atoms with E-state index in [1.807, 2.05) is 6.07 Å². The van der Waals surface area contributed by atoms with E-state index in [2.05, 4.69) is 4.98 Å². The number of aromatic nitrogens is 2. The molecule has 0 saturated carbocycles. The van der Waals surface area contributed by atoms with Crippen molar-refractivity contribution >= 4 is 5.97 Å². The lowest BCUT2D eigenvalue weighted by atomic mass is 10.2. The maximum absolute atomic E-state index is 11.4. The van der Waals surface area contributed by atoms with Crippen LogP contribution in [-0.4, -0.2) is 22.1 Å². The maximum atomic E-state index is 11.4.